The molecule has 3 aromatic carbocycles. The number of hydrogen-bond acceptors (Lipinski definition) is 0. The first-order valence-electron chi connectivity index (χ1n) is 8.33. The van der Waals surface area contributed by atoms with Crippen LogP contribution in [0.4, 0.5) is 0 Å². The molecule has 0 N–H and O–H groups in total. The average molecular weight is 435 g/mol. The van der Waals surface area contributed by atoms with E-state index in [4.69, 9.17) is 0 Å². The molecular weight excluding hydrogens is 417 g/mol. The van der Waals surface area contributed by atoms with Crippen LogP contribution in [-0.2, 0) is 5.54 Å². The van der Waals surface area contributed by atoms with Crippen molar-refractivity contribution in [2.75, 3.05) is 0 Å². The first-order valence-corrected chi connectivity index (χ1v) is 9.41. The van der Waals surface area contributed by atoms with Gasteiger partial charge in [-0.15, -0.1) is 0 Å². The second kappa shape index (κ2) is 6.89. The zero-order valence-electron chi connectivity index (χ0n) is 13.7. The van der Waals surface area contributed by atoms with Crippen LogP contribution in [-0.4, -0.2) is 4.57 Å². The zero-order chi connectivity index (χ0) is 17.1. The number of benzene rings is 3. The van der Waals surface area contributed by atoms with Gasteiger partial charge in [0, 0.05) is 6.20 Å². The Hall–Kier alpha value is -2.33. The maximum atomic E-state index is 2.42. The minimum Gasteiger partial charge on any atom is -0.325 e. The van der Waals surface area contributed by atoms with Crippen LogP contribution >= 0.6 is 22.6 Å². The van der Waals surface area contributed by atoms with E-state index in [0.717, 1.165) is 0 Å². The van der Waals surface area contributed by atoms with Gasteiger partial charge in [0.1, 0.15) is 5.54 Å². The summed E-state index contributed by atoms with van der Waals surface area (Å²) < 4.78 is 3.57. The maximum Gasteiger partial charge on any atom is 0.121 e. The molecule has 0 fully saturated rings. The number of halogens is 1. The molecule has 1 aromatic heterocycles. The summed E-state index contributed by atoms with van der Waals surface area (Å²) in [6, 6.07) is 36.5. The first kappa shape index (κ1) is 16.2. The molecule has 4 aromatic rings. The van der Waals surface area contributed by atoms with Crippen LogP contribution in [0, 0.1) is 3.70 Å². The highest BCUT2D eigenvalue weighted by molar-refractivity contribution is 14.1. The number of aromatic nitrogens is 1. The van der Waals surface area contributed by atoms with Gasteiger partial charge in [-0.05, 0) is 51.4 Å². The van der Waals surface area contributed by atoms with Gasteiger partial charge < -0.3 is 4.57 Å². The summed E-state index contributed by atoms with van der Waals surface area (Å²) in [5, 5.41) is 0. The van der Waals surface area contributed by atoms with Gasteiger partial charge in [0.2, 0.25) is 0 Å². The van der Waals surface area contributed by atoms with Crippen molar-refractivity contribution in [1.29, 1.82) is 0 Å². The highest BCUT2D eigenvalue weighted by atomic mass is 127. The lowest BCUT2D eigenvalue weighted by Gasteiger charge is -2.38. The minimum absolute atomic E-state index is 0.399. The van der Waals surface area contributed by atoms with Crippen molar-refractivity contribution < 1.29 is 0 Å². The van der Waals surface area contributed by atoms with Crippen molar-refractivity contribution >= 4 is 22.6 Å². The lowest BCUT2D eigenvalue weighted by atomic mass is 9.77. The molecule has 0 aliphatic heterocycles. The zero-order valence-corrected chi connectivity index (χ0v) is 15.9. The summed E-state index contributed by atoms with van der Waals surface area (Å²) in [6.07, 6.45) is 2.18. The van der Waals surface area contributed by atoms with E-state index >= 15 is 0 Å². The van der Waals surface area contributed by atoms with Crippen molar-refractivity contribution in [2.45, 2.75) is 5.54 Å². The van der Waals surface area contributed by atoms with E-state index in [1.165, 1.54) is 20.4 Å². The molecule has 4 rings (SSSR count). The van der Waals surface area contributed by atoms with Gasteiger partial charge in [0.05, 0.1) is 3.70 Å². The molecule has 0 bridgehead atoms. The Morgan fingerprint density at radius 2 is 0.920 bits per heavy atom. The van der Waals surface area contributed by atoms with Gasteiger partial charge in [-0.1, -0.05) is 91.0 Å². The van der Waals surface area contributed by atoms with E-state index < -0.39 is 5.54 Å². The molecule has 25 heavy (non-hydrogen) atoms. The molecule has 0 aliphatic rings. The maximum absolute atomic E-state index is 2.42. The van der Waals surface area contributed by atoms with Crippen LogP contribution in [0.3, 0.4) is 0 Å². The highest BCUT2D eigenvalue weighted by Gasteiger charge is 2.38. The minimum atomic E-state index is -0.399. The van der Waals surface area contributed by atoms with Gasteiger partial charge >= 0.3 is 0 Å². The van der Waals surface area contributed by atoms with Crippen LogP contribution < -0.4 is 0 Å². The third-order valence-electron chi connectivity index (χ3n) is 4.64. The summed E-state index contributed by atoms with van der Waals surface area (Å²) in [6.45, 7) is 0. The van der Waals surface area contributed by atoms with Gasteiger partial charge in [0.25, 0.3) is 0 Å². The summed E-state index contributed by atoms with van der Waals surface area (Å²) in [4.78, 5) is 0. The van der Waals surface area contributed by atoms with E-state index in [2.05, 4.69) is 136 Å². The quantitative estimate of drug-likeness (QED) is 0.277. The fourth-order valence-corrected chi connectivity index (χ4v) is 4.32. The predicted octanol–water partition coefficient (Wildman–Crippen LogP) is 5.93. The highest BCUT2D eigenvalue weighted by Crippen LogP contribution is 2.41. The van der Waals surface area contributed by atoms with Crippen LogP contribution in [0.5, 0.6) is 0 Å². The lowest BCUT2D eigenvalue weighted by molar-refractivity contribution is 0.507. The van der Waals surface area contributed by atoms with Crippen LogP contribution in [0.1, 0.15) is 16.7 Å². The summed E-state index contributed by atoms with van der Waals surface area (Å²) in [5.74, 6) is 0. The summed E-state index contributed by atoms with van der Waals surface area (Å²) in [7, 11) is 0. The Morgan fingerprint density at radius 1 is 0.520 bits per heavy atom. The largest absolute Gasteiger partial charge is 0.325 e. The van der Waals surface area contributed by atoms with Gasteiger partial charge in [-0.2, -0.15) is 0 Å². The molecule has 0 saturated heterocycles. The van der Waals surface area contributed by atoms with E-state index in [9.17, 15) is 0 Å². The lowest BCUT2D eigenvalue weighted by Crippen LogP contribution is -2.38. The molecule has 0 amide bonds. The third-order valence-corrected chi connectivity index (χ3v) is 5.51. The van der Waals surface area contributed by atoms with Gasteiger partial charge in [0.15, 0.2) is 0 Å². The van der Waals surface area contributed by atoms with Crippen molar-refractivity contribution in [3.63, 3.8) is 0 Å². The smallest absolute Gasteiger partial charge is 0.121 e. The van der Waals surface area contributed by atoms with E-state index in [1.54, 1.807) is 0 Å². The Kier molecular flexibility index (Phi) is 4.45. The molecule has 0 unspecified atom stereocenters. The van der Waals surface area contributed by atoms with Crippen LogP contribution in [0.2, 0.25) is 0 Å². The second-order valence-electron chi connectivity index (χ2n) is 6.01. The van der Waals surface area contributed by atoms with E-state index in [-0.39, 0.29) is 0 Å². The SMILES string of the molecule is Ic1cccn1C(c1ccccc1)(c1ccccc1)c1ccccc1. The molecule has 0 atom stereocenters. The fraction of sp³-hybridized carbons (Fsp3) is 0.0435. The predicted molar refractivity (Wildman–Crippen MR) is 112 cm³/mol. The molecule has 1 nitrogen and oxygen atoms in total. The van der Waals surface area contributed by atoms with Gasteiger partial charge in [-0.3, -0.25) is 0 Å². The van der Waals surface area contributed by atoms with Crippen LogP contribution in [0.15, 0.2) is 109 Å². The molecule has 0 spiro atoms. The van der Waals surface area contributed by atoms with E-state index in [0.29, 0.717) is 0 Å². The van der Waals surface area contributed by atoms with E-state index in [1.807, 2.05) is 0 Å². The average Bonchev–Trinajstić information content (AvgIpc) is 3.12. The Morgan fingerprint density at radius 3 is 1.24 bits per heavy atom. The topological polar surface area (TPSA) is 4.93 Å². The number of nitrogens with zero attached hydrogens (tertiary/aromatic N) is 1. The molecule has 2 heteroatoms. The molecule has 0 radical (unpaired) electrons. The Labute approximate surface area is 162 Å². The molecule has 0 saturated carbocycles. The van der Waals surface area contributed by atoms with Crippen molar-refractivity contribution in [3.05, 3.63) is 130 Å². The number of rotatable bonds is 4. The Bertz CT molecular complexity index is 846. The molecular formula is C23H18IN. The molecule has 1 heterocycles. The second-order valence-corrected chi connectivity index (χ2v) is 7.11. The summed E-state index contributed by atoms with van der Waals surface area (Å²) >= 11 is 2.42. The molecule has 0 aliphatic carbocycles. The third kappa shape index (κ3) is 2.71. The van der Waals surface area contributed by atoms with Gasteiger partial charge in [-0.25, -0.2) is 0 Å². The van der Waals surface area contributed by atoms with Crippen molar-refractivity contribution in [3.8, 4) is 0 Å². The summed E-state index contributed by atoms with van der Waals surface area (Å²) in [5.41, 5.74) is 3.36. The monoisotopic (exact) mass is 435 g/mol. The fourth-order valence-electron chi connectivity index (χ4n) is 3.59. The number of hydrogen-bond donors (Lipinski definition) is 0. The standard InChI is InChI=1S/C23H18IN/c24-22-17-10-18-25(22)23(19-11-4-1-5-12-19,20-13-6-2-7-14-20)21-15-8-3-9-16-21/h1-18H. The normalized spacial score (nSPS) is 11.4. The first-order chi connectivity index (χ1) is 12.3. The van der Waals surface area contributed by atoms with Crippen molar-refractivity contribution in [1.82, 2.24) is 4.57 Å². The van der Waals surface area contributed by atoms with Crippen LogP contribution in [0.25, 0.3) is 0 Å². The molecule has 122 valence electrons. The van der Waals surface area contributed by atoms with Crippen molar-refractivity contribution in [2.24, 2.45) is 0 Å². The Balaban J connectivity index is 2.15.